The number of nitrogens with zero attached hydrogens (tertiary/aromatic N) is 1. The third-order valence-electron chi connectivity index (χ3n) is 5.34. The lowest BCUT2D eigenvalue weighted by Gasteiger charge is -2.07. The van der Waals surface area contributed by atoms with Gasteiger partial charge in [0, 0.05) is 0 Å². The van der Waals surface area contributed by atoms with Crippen molar-refractivity contribution in [1.82, 2.24) is 0 Å². The highest BCUT2D eigenvalue weighted by Crippen LogP contribution is 2.39. The molecule has 3 aromatic rings. The zero-order valence-electron chi connectivity index (χ0n) is 20.2. The monoisotopic (exact) mass is 533 g/mol. The molecule has 0 aromatic heterocycles. The number of benzene rings is 3. The molecule has 1 N–H and O–H groups in total. The van der Waals surface area contributed by atoms with E-state index in [9.17, 15) is 14.7 Å². The van der Waals surface area contributed by atoms with Gasteiger partial charge in [-0.2, -0.15) is 0 Å². The van der Waals surface area contributed by atoms with Gasteiger partial charge in [-0.1, -0.05) is 77.5 Å². The van der Waals surface area contributed by atoms with E-state index in [1.165, 1.54) is 5.56 Å². The smallest absolute Gasteiger partial charge is 0.344 e. The lowest BCUT2D eigenvalue weighted by Crippen LogP contribution is -2.14. The summed E-state index contributed by atoms with van der Waals surface area (Å²) in [7, 11) is 0. The van der Waals surface area contributed by atoms with Crippen LogP contribution in [0, 0.1) is 6.92 Å². The zero-order valence-corrected chi connectivity index (χ0v) is 21.8. The van der Waals surface area contributed by atoms with Crippen molar-refractivity contribution in [3.63, 3.8) is 0 Å². The summed E-state index contributed by atoms with van der Waals surface area (Å²) in [5, 5.41) is 11.1. The summed E-state index contributed by atoms with van der Waals surface area (Å²) >= 11 is 7.13. The van der Waals surface area contributed by atoms with Gasteiger partial charge in [-0.05, 0) is 55.3 Å². The van der Waals surface area contributed by atoms with Crippen LogP contribution in [0.25, 0.3) is 6.08 Å². The van der Waals surface area contributed by atoms with Crippen LogP contribution in [-0.2, 0) is 16.1 Å². The molecule has 3 aromatic carbocycles. The molecule has 1 heterocycles. The summed E-state index contributed by atoms with van der Waals surface area (Å²) in [4.78, 5) is 29.8. The molecule has 188 valence electrons. The summed E-state index contributed by atoms with van der Waals surface area (Å²) < 4.78 is 11.0. The van der Waals surface area contributed by atoms with Crippen molar-refractivity contribution < 1.29 is 24.2 Å². The summed E-state index contributed by atoms with van der Waals surface area (Å²) in [6.45, 7) is 4.24. The van der Waals surface area contributed by atoms with Gasteiger partial charge in [-0.15, -0.1) is 0 Å². The van der Waals surface area contributed by atoms with Crippen LogP contribution >= 0.6 is 23.4 Å². The summed E-state index contributed by atoms with van der Waals surface area (Å²) in [6.07, 6.45) is 1.70. The maximum Gasteiger partial charge on any atom is 0.344 e. The highest BCUT2D eigenvalue weighted by molar-refractivity contribution is 8.18. The van der Waals surface area contributed by atoms with Gasteiger partial charge in [0.2, 0.25) is 0 Å². The Labute approximate surface area is 224 Å². The lowest BCUT2D eigenvalue weighted by molar-refractivity contribution is -0.138. The number of hydrogen-bond donors (Lipinski definition) is 1. The molecule has 0 saturated heterocycles. The fraction of sp³-hybridized carbons (Fsp3) is 0.138. The number of esters is 1. The van der Waals surface area contributed by atoms with E-state index in [0.29, 0.717) is 17.3 Å². The average molecular weight is 534 g/mol. The SMILES string of the molecule is CCOC(=O)C1=C(O)/C(=C/c2ccc(OCc3cccc(C)c3)cc2)SC1=NC(=O)c1ccccc1Cl. The van der Waals surface area contributed by atoms with E-state index < -0.39 is 11.9 Å². The molecule has 0 saturated carbocycles. The quantitative estimate of drug-likeness (QED) is 0.331. The molecule has 0 atom stereocenters. The number of aryl methyl sites for hydroxylation is 1. The van der Waals surface area contributed by atoms with Crippen LogP contribution in [0.1, 0.15) is 34.0 Å². The largest absolute Gasteiger partial charge is 0.506 e. The fourth-order valence-electron chi connectivity index (χ4n) is 3.56. The second-order valence-corrected chi connectivity index (χ2v) is 9.54. The fourth-order valence-corrected chi connectivity index (χ4v) is 4.79. The van der Waals surface area contributed by atoms with E-state index in [-0.39, 0.29) is 33.6 Å². The number of aliphatic imine (C=N–C) groups is 1. The molecular formula is C29H24ClNO5S. The van der Waals surface area contributed by atoms with E-state index in [1.54, 1.807) is 37.3 Å². The van der Waals surface area contributed by atoms with E-state index >= 15 is 0 Å². The molecule has 1 aliphatic rings. The van der Waals surface area contributed by atoms with Crippen LogP contribution in [0.15, 0.2) is 94.0 Å². The Morgan fingerprint density at radius 3 is 2.51 bits per heavy atom. The van der Waals surface area contributed by atoms with E-state index in [4.69, 9.17) is 21.1 Å². The van der Waals surface area contributed by atoms with Crippen molar-refractivity contribution in [2.45, 2.75) is 20.5 Å². The molecule has 1 amide bonds. The van der Waals surface area contributed by atoms with Crippen LogP contribution in [0.4, 0.5) is 0 Å². The standard InChI is InChI=1S/C29H24ClNO5S/c1-3-35-29(34)25-26(32)24(37-28(25)31-27(33)22-9-4-5-10-23(22)30)16-19-11-13-21(14-12-19)36-17-20-8-6-7-18(2)15-20/h4-16,32H,3,17H2,1-2H3/b24-16-,31-28?. The maximum absolute atomic E-state index is 12.8. The predicted molar refractivity (Wildman–Crippen MR) is 147 cm³/mol. The third-order valence-corrected chi connectivity index (χ3v) is 6.69. The van der Waals surface area contributed by atoms with E-state index in [0.717, 1.165) is 22.9 Å². The molecule has 1 aliphatic heterocycles. The van der Waals surface area contributed by atoms with Crippen molar-refractivity contribution >= 4 is 46.4 Å². The molecule has 0 bridgehead atoms. The number of aliphatic hydroxyl groups is 1. The van der Waals surface area contributed by atoms with Crippen LogP contribution in [0.3, 0.4) is 0 Å². The van der Waals surface area contributed by atoms with Gasteiger partial charge in [-0.25, -0.2) is 9.79 Å². The highest BCUT2D eigenvalue weighted by atomic mass is 35.5. The number of carbonyl (C=O) groups is 2. The molecule has 8 heteroatoms. The van der Waals surface area contributed by atoms with Gasteiger partial charge >= 0.3 is 5.97 Å². The molecule has 0 unspecified atom stereocenters. The topological polar surface area (TPSA) is 85.2 Å². The lowest BCUT2D eigenvalue weighted by atomic mass is 10.1. The minimum atomic E-state index is -0.762. The number of thioether (sulfide) groups is 1. The van der Waals surface area contributed by atoms with Crippen LogP contribution < -0.4 is 4.74 Å². The van der Waals surface area contributed by atoms with E-state index in [1.807, 2.05) is 49.4 Å². The molecule has 0 radical (unpaired) electrons. The van der Waals surface area contributed by atoms with Crippen LogP contribution in [0.2, 0.25) is 5.02 Å². The van der Waals surface area contributed by atoms with Gasteiger partial charge in [-0.3, -0.25) is 4.79 Å². The van der Waals surface area contributed by atoms with Crippen LogP contribution in [-0.4, -0.2) is 28.6 Å². The van der Waals surface area contributed by atoms with E-state index in [2.05, 4.69) is 11.1 Å². The van der Waals surface area contributed by atoms with Crippen molar-refractivity contribution in [1.29, 1.82) is 0 Å². The first-order chi connectivity index (χ1) is 17.9. The second-order valence-electron chi connectivity index (χ2n) is 8.10. The summed E-state index contributed by atoms with van der Waals surface area (Å²) in [5.74, 6) is -0.989. The number of hydrogen-bond acceptors (Lipinski definition) is 6. The zero-order chi connectivity index (χ0) is 26.4. The average Bonchev–Trinajstić information content (AvgIpc) is 3.18. The van der Waals surface area contributed by atoms with Crippen molar-refractivity contribution in [2.75, 3.05) is 6.61 Å². The molecule has 0 spiro atoms. The Hall–Kier alpha value is -3.81. The van der Waals surface area contributed by atoms with Gasteiger partial charge in [0.15, 0.2) is 0 Å². The van der Waals surface area contributed by atoms with Crippen LogP contribution in [0.5, 0.6) is 5.75 Å². The number of amides is 1. The summed E-state index contributed by atoms with van der Waals surface area (Å²) in [5.41, 5.74) is 3.05. The molecule has 6 nitrogen and oxygen atoms in total. The first-order valence-electron chi connectivity index (χ1n) is 11.5. The number of rotatable bonds is 7. The van der Waals surface area contributed by atoms with Gasteiger partial charge in [0.1, 0.15) is 28.7 Å². The summed E-state index contributed by atoms with van der Waals surface area (Å²) in [6, 6.07) is 21.9. The normalized spacial score (nSPS) is 15.3. The van der Waals surface area contributed by atoms with Crippen molar-refractivity contribution in [3.8, 4) is 5.75 Å². The van der Waals surface area contributed by atoms with Gasteiger partial charge in [0.25, 0.3) is 5.91 Å². The Morgan fingerprint density at radius 2 is 1.81 bits per heavy atom. The highest BCUT2D eigenvalue weighted by Gasteiger charge is 2.34. The number of ether oxygens (including phenoxy) is 2. The minimum Gasteiger partial charge on any atom is -0.506 e. The molecular weight excluding hydrogens is 510 g/mol. The minimum absolute atomic E-state index is 0.0465. The molecule has 0 fully saturated rings. The Balaban J connectivity index is 1.56. The Kier molecular flexibility index (Phi) is 8.48. The Bertz CT molecular complexity index is 1430. The third kappa shape index (κ3) is 6.50. The first kappa shape index (κ1) is 26.3. The first-order valence-corrected chi connectivity index (χ1v) is 12.7. The maximum atomic E-state index is 12.8. The second kappa shape index (κ2) is 12.0. The molecule has 37 heavy (non-hydrogen) atoms. The van der Waals surface area contributed by atoms with Crippen molar-refractivity contribution in [3.05, 3.63) is 116 Å². The van der Waals surface area contributed by atoms with Gasteiger partial charge < -0.3 is 14.6 Å². The Morgan fingerprint density at radius 1 is 1.05 bits per heavy atom. The number of carbonyl (C=O) groups excluding carboxylic acids is 2. The molecule has 4 rings (SSSR count). The predicted octanol–water partition coefficient (Wildman–Crippen LogP) is 6.93. The number of halogens is 1. The number of aliphatic hydroxyl groups excluding tert-OH is 1. The van der Waals surface area contributed by atoms with Crippen molar-refractivity contribution in [2.24, 2.45) is 4.99 Å². The van der Waals surface area contributed by atoms with Gasteiger partial charge in [0.05, 0.1) is 22.1 Å². The molecule has 0 aliphatic carbocycles.